The number of carbonyl (C=O) groups is 1. The van der Waals surface area contributed by atoms with Crippen molar-refractivity contribution in [3.63, 3.8) is 0 Å². The van der Waals surface area contributed by atoms with Gasteiger partial charge in [0.05, 0.1) is 11.5 Å². The van der Waals surface area contributed by atoms with Gasteiger partial charge in [-0.2, -0.15) is 0 Å². The predicted octanol–water partition coefficient (Wildman–Crippen LogP) is 5.41. The van der Waals surface area contributed by atoms with E-state index >= 15 is 0 Å². The zero-order valence-electron chi connectivity index (χ0n) is 17.5. The number of nitrogens with zero attached hydrogens (tertiary/aromatic N) is 3. The average molecular weight is 439 g/mol. The molecule has 0 atom stereocenters. The lowest BCUT2D eigenvalue weighted by Gasteiger charge is -2.09. The Labute approximate surface area is 186 Å². The van der Waals surface area contributed by atoms with Gasteiger partial charge in [-0.25, -0.2) is 0 Å². The van der Waals surface area contributed by atoms with Crippen LogP contribution < -0.4 is 5.32 Å². The van der Waals surface area contributed by atoms with Crippen LogP contribution in [0.15, 0.2) is 65.2 Å². The fourth-order valence-corrected chi connectivity index (χ4v) is 4.61. The van der Waals surface area contributed by atoms with Gasteiger partial charge in [-0.05, 0) is 56.2 Å². The lowest BCUT2D eigenvalue weighted by Crippen LogP contribution is -2.15. The second-order valence-corrected chi connectivity index (χ2v) is 9.10. The van der Waals surface area contributed by atoms with Crippen LogP contribution in [0.4, 0.5) is 5.69 Å². The molecule has 1 aromatic heterocycles. The van der Waals surface area contributed by atoms with E-state index in [9.17, 15) is 4.79 Å². The molecule has 3 aromatic rings. The standard InChI is InChI=1S/C23H26N4OS2/c1-5-10-27-21(14-29-20-8-6-16(2)7-9-20)25-26-23(27)30-15-22(28)24-19-12-17(3)11-18(4)13-19/h5-9,11-13H,1,10,14-15H2,2-4H3,(H,24,28). The first-order valence-corrected chi connectivity index (χ1v) is 11.6. The molecule has 2 aromatic carbocycles. The Morgan fingerprint density at radius 1 is 1.03 bits per heavy atom. The van der Waals surface area contributed by atoms with Crippen molar-refractivity contribution in [3.8, 4) is 0 Å². The molecule has 156 valence electrons. The maximum absolute atomic E-state index is 12.4. The van der Waals surface area contributed by atoms with Crippen LogP contribution in [0.25, 0.3) is 0 Å². The molecule has 7 heteroatoms. The van der Waals surface area contributed by atoms with E-state index in [0.717, 1.165) is 27.8 Å². The van der Waals surface area contributed by atoms with E-state index in [4.69, 9.17) is 0 Å². The van der Waals surface area contributed by atoms with Crippen molar-refractivity contribution in [2.24, 2.45) is 0 Å². The molecule has 0 saturated carbocycles. The van der Waals surface area contributed by atoms with Gasteiger partial charge in [0, 0.05) is 17.1 Å². The Hall–Kier alpha value is -2.51. The molecule has 1 amide bonds. The Bertz CT molecular complexity index is 1010. The summed E-state index contributed by atoms with van der Waals surface area (Å²) in [5, 5.41) is 12.3. The number of carbonyl (C=O) groups excluding carboxylic acids is 1. The largest absolute Gasteiger partial charge is 0.325 e. The van der Waals surface area contributed by atoms with Gasteiger partial charge in [0.25, 0.3) is 0 Å². The van der Waals surface area contributed by atoms with Gasteiger partial charge in [0.1, 0.15) is 5.82 Å². The molecule has 30 heavy (non-hydrogen) atoms. The van der Waals surface area contributed by atoms with Gasteiger partial charge >= 0.3 is 0 Å². The van der Waals surface area contributed by atoms with Crippen LogP contribution in [0.2, 0.25) is 0 Å². The van der Waals surface area contributed by atoms with Crippen molar-refractivity contribution in [3.05, 3.63) is 77.6 Å². The van der Waals surface area contributed by atoms with E-state index in [1.165, 1.54) is 22.2 Å². The second-order valence-electron chi connectivity index (χ2n) is 7.11. The third-order valence-electron chi connectivity index (χ3n) is 4.33. The number of rotatable bonds is 9. The number of hydrogen-bond donors (Lipinski definition) is 1. The number of amides is 1. The summed E-state index contributed by atoms with van der Waals surface area (Å²) in [7, 11) is 0. The quantitative estimate of drug-likeness (QED) is 0.357. The van der Waals surface area contributed by atoms with Crippen molar-refractivity contribution < 1.29 is 4.79 Å². The average Bonchev–Trinajstić information content (AvgIpc) is 3.07. The van der Waals surface area contributed by atoms with Crippen LogP contribution in [-0.4, -0.2) is 26.4 Å². The maximum atomic E-state index is 12.4. The number of aryl methyl sites for hydroxylation is 3. The van der Waals surface area contributed by atoms with Gasteiger partial charge in [0.2, 0.25) is 5.91 Å². The molecule has 0 fully saturated rings. The molecule has 0 unspecified atom stereocenters. The Morgan fingerprint density at radius 3 is 2.40 bits per heavy atom. The number of hydrogen-bond acceptors (Lipinski definition) is 5. The first-order chi connectivity index (χ1) is 14.4. The van der Waals surface area contributed by atoms with E-state index in [2.05, 4.69) is 59.3 Å². The molecule has 0 spiro atoms. The molecule has 0 aliphatic rings. The number of thioether (sulfide) groups is 2. The molecule has 0 aliphatic heterocycles. The SMILES string of the molecule is C=CCn1c(CSc2ccc(C)cc2)nnc1SCC(=O)Nc1cc(C)cc(C)c1. The highest BCUT2D eigenvalue weighted by atomic mass is 32.2. The number of allylic oxidation sites excluding steroid dienone is 1. The molecule has 3 rings (SSSR count). The normalized spacial score (nSPS) is 10.8. The summed E-state index contributed by atoms with van der Waals surface area (Å²) in [5.41, 5.74) is 4.31. The lowest BCUT2D eigenvalue weighted by atomic mass is 10.1. The van der Waals surface area contributed by atoms with Crippen molar-refractivity contribution in [1.29, 1.82) is 0 Å². The van der Waals surface area contributed by atoms with Crippen LogP contribution in [-0.2, 0) is 17.1 Å². The van der Waals surface area contributed by atoms with Crippen LogP contribution in [0.5, 0.6) is 0 Å². The molecule has 5 nitrogen and oxygen atoms in total. The van der Waals surface area contributed by atoms with Crippen LogP contribution in [0, 0.1) is 20.8 Å². The smallest absolute Gasteiger partial charge is 0.234 e. The molecule has 0 aliphatic carbocycles. The first-order valence-electron chi connectivity index (χ1n) is 9.68. The molecule has 1 heterocycles. The summed E-state index contributed by atoms with van der Waals surface area (Å²) >= 11 is 3.11. The highest BCUT2D eigenvalue weighted by Gasteiger charge is 2.14. The first kappa shape index (κ1) is 22.2. The topological polar surface area (TPSA) is 59.8 Å². The molecule has 0 bridgehead atoms. The minimum absolute atomic E-state index is 0.0614. The Kier molecular flexibility index (Phi) is 7.76. The fourth-order valence-electron chi connectivity index (χ4n) is 3.00. The second kappa shape index (κ2) is 10.5. The lowest BCUT2D eigenvalue weighted by molar-refractivity contribution is -0.113. The maximum Gasteiger partial charge on any atom is 0.234 e. The third kappa shape index (κ3) is 6.24. The van der Waals surface area contributed by atoms with E-state index < -0.39 is 0 Å². The van der Waals surface area contributed by atoms with Crippen LogP contribution >= 0.6 is 23.5 Å². The molecule has 0 saturated heterocycles. The minimum Gasteiger partial charge on any atom is -0.325 e. The van der Waals surface area contributed by atoms with Crippen molar-refractivity contribution in [2.75, 3.05) is 11.1 Å². The summed E-state index contributed by atoms with van der Waals surface area (Å²) in [4.78, 5) is 13.6. The Morgan fingerprint density at radius 2 is 1.73 bits per heavy atom. The summed E-state index contributed by atoms with van der Waals surface area (Å²) in [6.07, 6.45) is 1.82. The van der Waals surface area contributed by atoms with Gasteiger partial charge in [0.15, 0.2) is 5.16 Å². The number of aromatic nitrogens is 3. The van der Waals surface area contributed by atoms with E-state index in [0.29, 0.717) is 12.3 Å². The van der Waals surface area contributed by atoms with Crippen molar-refractivity contribution >= 4 is 35.1 Å². The predicted molar refractivity (Wildman–Crippen MR) is 126 cm³/mol. The molecule has 1 N–H and O–H groups in total. The minimum atomic E-state index is -0.0614. The Balaban J connectivity index is 1.61. The monoisotopic (exact) mass is 438 g/mol. The number of nitrogens with one attached hydrogen (secondary N) is 1. The zero-order valence-corrected chi connectivity index (χ0v) is 19.1. The van der Waals surface area contributed by atoms with E-state index in [1.54, 1.807) is 11.8 Å². The summed E-state index contributed by atoms with van der Waals surface area (Å²) in [6, 6.07) is 14.5. The van der Waals surface area contributed by atoms with Gasteiger partial charge in [-0.1, -0.05) is 41.6 Å². The number of benzene rings is 2. The van der Waals surface area contributed by atoms with E-state index in [1.807, 2.05) is 36.6 Å². The highest BCUT2D eigenvalue weighted by Crippen LogP contribution is 2.25. The zero-order chi connectivity index (χ0) is 21.5. The van der Waals surface area contributed by atoms with Gasteiger partial charge in [-0.3, -0.25) is 4.79 Å². The van der Waals surface area contributed by atoms with Crippen LogP contribution in [0.3, 0.4) is 0 Å². The van der Waals surface area contributed by atoms with E-state index in [-0.39, 0.29) is 11.7 Å². The third-order valence-corrected chi connectivity index (χ3v) is 6.31. The summed E-state index contributed by atoms with van der Waals surface area (Å²) in [6.45, 7) is 10.6. The highest BCUT2D eigenvalue weighted by molar-refractivity contribution is 7.99. The fraction of sp³-hybridized carbons (Fsp3) is 0.261. The van der Waals surface area contributed by atoms with Crippen LogP contribution in [0.1, 0.15) is 22.5 Å². The van der Waals surface area contributed by atoms with Gasteiger partial charge in [-0.15, -0.1) is 28.5 Å². The molecule has 0 radical (unpaired) electrons. The molecular formula is C23H26N4OS2. The number of anilines is 1. The van der Waals surface area contributed by atoms with Gasteiger partial charge < -0.3 is 9.88 Å². The summed E-state index contributed by atoms with van der Waals surface area (Å²) in [5.74, 6) is 1.79. The summed E-state index contributed by atoms with van der Waals surface area (Å²) < 4.78 is 2.02. The van der Waals surface area contributed by atoms with Crippen molar-refractivity contribution in [1.82, 2.24) is 14.8 Å². The van der Waals surface area contributed by atoms with Crippen molar-refractivity contribution in [2.45, 2.75) is 43.1 Å². The molecular weight excluding hydrogens is 412 g/mol.